The first kappa shape index (κ1) is 21.7. The van der Waals surface area contributed by atoms with Gasteiger partial charge < -0.3 is 15.2 Å². The predicted molar refractivity (Wildman–Crippen MR) is 111 cm³/mol. The molecule has 11 heteroatoms. The second-order valence-corrected chi connectivity index (χ2v) is 7.30. The Balaban J connectivity index is 1.60. The standard InChI is InChI=1S/C19H19Cl2N5O4/c1-11-18(22-17(27)6-8-25-7-5-15(24-25)19(28)29)12(2)26(23-11)10-30-16-4-3-13(20)9-14(16)21/h3-5,7,9H,6,8,10H2,1-2H3,(H,22,27)(H,28,29). The van der Waals surface area contributed by atoms with E-state index in [1.54, 1.807) is 29.8 Å². The number of rotatable bonds is 8. The van der Waals surface area contributed by atoms with Gasteiger partial charge >= 0.3 is 5.97 Å². The number of benzene rings is 1. The smallest absolute Gasteiger partial charge is 0.356 e. The Morgan fingerprint density at radius 2 is 1.97 bits per heavy atom. The van der Waals surface area contributed by atoms with E-state index in [9.17, 15) is 9.59 Å². The van der Waals surface area contributed by atoms with Gasteiger partial charge in [-0.05, 0) is 38.1 Å². The molecular weight excluding hydrogens is 433 g/mol. The molecule has 2 aromatic heterocycles. The van der Waals surface area contributed by atoms with Crippen LogP contribution < -0.4 is 10.1 Å². The molecule has 1 amide bonds. The third-order valence-electron chi connectivity index (χ3n) is 4.31. The first-order valence-electron chi connectivity index (χ1n) is 8.93. The number of carbonyl (C=O) groups is 2. The number of aromatic carboxylic acids is 1. The number of hydrogen-bond acceptors (Lipinski definition) is 5. The molecular formula is C19H19Cl2N5O4. The van der Waals surface area contributed by atoms with E-state index >= 15 is 0 Å². The zero-order chi connectivity index (χ0) is 21.8. The molecule has 0 bridgehead atoms. The van der Waals surface area contributed by atoms with Crippen LogP contribution >= 0.6 is 23.2 Å². The molecule has 0 spiro atoms. The van der Waals surface area contributed by atoms with Crippen LogP contribution in [0.4, 0.5) is 5.69 Å². The highest BCUT2D eigenvalue weighted by Crippen LogP contribution is 2.28. The molecule has 0 aliphatic heterocycles. The lowest BCUT2D eigenvalue weighted by Gasteiger charge is -2.10. The summed E-state index contributed by atoms with van der Waals surface area (Å²) < 4.78 is 8.72. The minimum atomic E-state index is -1.11. The van der Waals surface area contributed by atoms with E-state index in [4.69, 9.17) is 33.0 Å². The van der Waals surface area contributed by atoms with Crippen molar-refractivity contribution in [2.24, 2.45) is 0 Å². The highest BCUT2D eigenvalue weighted by Gasteiger charge is 2.15. The number of anilines is 1. The van der Waals surface area contributed by atoms with Crippen LogP contribution in [-0.4, -0.2) is 36.5 Å². The van der Waals surface area contributed by atoms with Gasteiger partial charge in [0, 0.05) is 24.2 Å². The maximum atomic E-state index is 12.3. The Morgan fingerprint density at radius 3 is 2.63 bits per heavy atom. The number of carbonyl (C=O) groups excluding carboxylic acids is 1. The van der Waals surface area contributed by atoms with Gasteiger partial charge in [0.2, 0.25) is 5.91 Å². The highest BCUT2D eigenvalue weighted by molar-refractivity contribution is 6.35. The molecule has 3 aromatic rings. The summed E-state index contributed by atoms with van der Waals surface area (Å²) in [6.45, 7) is 3.95. The molecule has 158 valence electrons. The van der Waals surface area contributed by atoms with Crippen LogP contribution in [0.5, 0.6) is 5.75 Å². The maximum Gasteiger partial charge on any atom is 0.356 e. The average Bonchev–Trinajstić information content (AvgIpc) is 3.26. The van der Waals surface area contributed by atoms with Crippen molar-refractivity contribution in [3.8, 4) is 5.75 Å². The van der Waals surface area contributed by atoms with Crippen molar-refractivity contribution in [2.45, 2.75) is 33.5 Å². The van der Waals surface area contributed by atoms with Crippen molar-refractivity contribution >= 4 is 40.8 Å². The Kier molecular flexibility index (Phi) is 6.63. The van der Waals surface area contributed by atoms with Crippen LogP contribution in [0.1, 0.15) is 28.3 Å². The Morgan fingerprint density at radius 1 is 1.20 bits per heavy atom. The number of halogens is 2. The molecule has 3 rings (SSSR count). The summed E-state index contributed by atoms with van der Waals surface area (Å²) in [7, 11) is 0. The van der Waals surface area contributed by atoms with Crippen molar-refractivity contribution < 1.29 is 19.4 Å². The zero-order valence-electron chi connectivity index (χ0n) is 16.2. The van der Waals surface area contributed by atoms with E-state index in [0.717, 1.165) is 5.69 Å². The van der Waals surface area contributed by atoms with E-state index in [2.05, 4.69) is 15.5 Å². The Bertz CT molecular complexity index is 1090. The first-order chi connectivity index (χ1) is 14.2. The lowest BCUT2D eigenvalue weighted by molar-refractivity contribution is -0.116. The number of carboxylic acids is 1. The SMILES string of the molecule is Cc1nn(COc2ccc(Cl)cc2Cl)c(C)c1NC(=O)CCn1ccc(C(=O)O)n1. The lowest BCUT2D eigenvalue weighted by atomic mass is 10.3. The van der Waals surface area contributed by atoms with Gasteiger partial charge in [0.05, 0.1) is 22.1 Å². The summed E-state index contributed by atoms with van der Waals surface area (Å²) in [6, 6.07) is 6.31. The molecule has 0 aliphatic rings. The number of aryl methyl sites for hydroxylation is 2. The number of nitrogens with zero attached hydrogens (tertiary/aromatic N) is 4. The van der Waals surface area contributed by atoms with Gasteiger partial charge in [0.25, 0.3) is 0 Å². The van der Waals surface area contributed by atoms with E-state index < -0.39 is 5.97 Å². The van der Waals surface area contributed by atoms with Crippen molar-refractivity contribution in [1.29, 1.82) is 0 Å². The fraction of sp³-hybridized carbons (Fsp3) is 0.263. The third-order valence-corrected chi connectivity index (χ3v) is 4.84. The Labute approximate surface area is 182 Å². The summed E-state index contributed by atoms with van der Waals surface area (Å²) in [5.41, 5.74) is 1.89. The van der Waals surface area contributed by atoms with Crippen molar-refractivity contribution in [3.05, 3.63) is 57.6 Å². The topological polar surface area (TPSA) is 111 Å². The molecule has 30 heavy (non-hydrogen) atoms. The van der Waals surface area contributed by atoms with E-state index in [1.165, 1.54) is 16.9 Å². The first-order valence-corrected chi connectivity index (χ1v) is 9.68. The summed E-state index contributed by atoms with van der Waals surface area (Å²) in [5, 5.41) is 20.9. The molecule has 0 radical (unpaired) electrons. The summed E-state index contributed by atoms with van der Waals surface area (Å²) in [4.78, 5) is 23.2. The predicted octanol–water partition coefficient (Wildman–Crippen LogP) is 3.77. The summed E-state index contributed by atoms with van der Waals surface area (Å²) >= 11 is 12.0. The Hall–Kier alpha value is -3.04. The zero-order valence-corrected chi connectivity index (χ0v) is 17.7. The number of hydrogen-bond donors (Lipinski definition) is 2. The molecule has 0 aliphatic carbocycles. The van der Waals surface area contributed by atoms with Crippen molar-refractivity contribution in [1.82, 2.24) is 19.6 Å². The number of carboxylic acid groups (broad SMARTS) is 1. The van der Waals surface area contributed by atoms with E-state index in [-0.39, 0.29) is 31.3 Å². The minimum absolute atomic E-state index is 0.0656. The fourth-order valence-corrected chi connectivity index (χ4v) is 3.21. The van der Waals surface area contributed by atoms with Crippen LogP contribution in [-0.2, 0) is 18.1 Å². The fourth-order valence-electron chi connectivity index (χ4n) is 2.74. The minimum Gasteiger partial charge on any atom is -0.476 e. The van der Waals surface area contributed by atoms with Crippen LogP contribution in [0.3, 0.4) is 0 Å². The van der Waals surface area contributed by atoms with Gasteiger partial charge in [-0.15, -0.1) is 0 Å². The lowest BCUT2D eigenvalue weighted by Crippen LogP contribution is -2.16. The third kappa shape index (κ3) is 5.11. The highest BCUT2D eigenvalue weighted by atomic mass is 35.5. The number of aromatic nitrogens is 4. The number of amides is 1. The number of nitrogens with one attached hydrogen (secondary N) is 1. The van der Waals surface area contributed by atoms with E-state index in [0.29, 0.717) is 27.2 Å². The van der Waals surface area contributed by atoms with Gasteiger partial charge in [-0.1, -0.05) is 23.2 Å². The number of ether oxygens (including phenoxy) is 1. The van der Waals surface area contributed by atoms with Crippen LogP contribution in [0, 0.1) is 13.8 Å². The molecule has 0 fully saturated rings. The van der Waals surface area contributed by atoms with Gasteiger partial charge in [-0.3, -0.25) is 9.48 Å². The monoisotopic (exact) mass is 451 g/mol. The van der Waals surface area contributed by atoms with Crippen molar-refractivity contribution in [2.75, 3.05) is 5.32 Å². The van der Waals surface area contributed by atoms with Crippen molar-refractivity contribution in [3.63, 3.8) is 0 Å². The maximum absolute atomic E-state index is 12.3. The van der Waals surface area contributed by atoms with Gasteiger partial charge in [-0.25, -0.2) is 9.48 Å². The van der Waals surface area contributed by atoms with Crippen LogP contribution in [0.2, 0.25) is 10.0 Å². The summed E-state index contributed by atoms with van der Waals surface area (Å²) in [6.07, 6.45) is 1.65. The largest absolute Gasteiger partial charge is 0.476 e. The van der Waals surface area contributed by atoms with E-state index in [1.807, 2.05) is 6.92 Å². The molecule has 0 unspecified atom stereocenters. The quantitative estimate of drug-likeness (QED) is 0.538. The average molecular weight is 452 g/mol. The van der Waals surface area contributed by atoms with Gasteiger partial charge in [0.1, 0.15) is 5.75 Å². The molecule has 2 heterocycles. The molecule has 0 saturated carbocycles. The van der Waals surface area contributed by atoms with Gasteiger partial charge in [0.15, 0.2) is 12.4 Å². The normalized spacial score (nSPS) is 10.8. The molecule has 0 atom stereocenters. The summed E-state index contributed by atoms with van der Waals surface area (Å²) in [5.74, 6) is -0.882. The second-order valence-electron chi connectivity index (χ2n) is 6.46. The molecule has 9 nitrogen and oxygen atoms in total. The molecule has 2 N–H and O–H groups in total. The van der Waals surface area contributed by atoms with Crippen LogP contribution in [0.15, 0.2) is 30.5 Å². The van der Waals surface area contributed by atoms with Crippen LogP contribution in [0.25, 0.3) is 0 Å². The molecule has 1 aromatic carbocycles. The molecule has 0 saturated heterocycles. The second kappa shape index (κ2) is 9.19. The van der Waals surface area contributed by atoms with Gasteiger partial charge in [-0.2, -0.15) is 10.2 Å².